The fraction of sp³-hybridized carbons (Fsp3) is 0.778. The molecule has 6 nitrogen and oxygen atoms in total. The molecule has 2 atom stereocenters. The Labute approximate surface area is 87.0 Å². The Morgan fingerprint density at radius 2 is 1.93 bits per heavy atom. The Balaban J connectivity index is 2.37. The Morgan fingerprint density at radius 1 is 1.27 bits per heavy atom. The number of piperazine rings is 1. The van der Waals surface area contributed by atoms with E-state index >= 15 is 0 Å². The highest BCUT2D eigenvalue weighted by Crippen LogP contribution is 2.38. The molecule has 0 aromatic carbocycles. The second-order valence-corrected chi connectivity index (χ2v) is 4.39. The highest BCUT2D eigenvalue weighted by molar-refractivity contribution is 6.35. The second-order valence-electron chi connectivity index (χ2n) is 4.39. The van der Waals surface area contributed by atoms with Crippen LogP contribution in [0.3, 0.4) is 0 Å². The third-order valence-electron chi connectivity index (χ3n) is 3.49. The van der Waals surface area contributed by atoms with Gasteiger partial charge in [0.2, 0.25) is 0 Å². The zero-order chi connectivity index (χ0) is 11.2. The average molecular weight is 214 g/mol. The van der Waals surface area contributed by atoms with Gasteiger partial charge in [0.25, 0.3) is 0 Å². The molecule has 2 N–H and O–H groups in total. The van der Waals surface area contributed by atoms with Crippen molar-refractivity contribution in [2.45, 2.75) is 44.2 Å². The van der Waals surface area contributed by atoms with E-state index in [0.717, 1.165) is 12.8 Å². The van der Waals surface area contributed by atoms with Gasteiger partial charge in [0, 0.05) is 0 Å². The van der Waals surface area contributed by atoms with Gasteiger partial charge in [-0.2, -0.15) is 0 Å². The molecule has 0 radical (unpaired) electrons. The van der Waals surface area contributed by atoms with Crippen LogP contribution in [0.25, 0.3) is 0 Å². The van der Waals surface area contributed by atoms with Gasteiger partial charge in [-0.05, 0) is 19.8 Å². The summed E-state index contributed by atoms with van der Waals surface area (Å²) in [6, 6.07) is -0.499. The molecule has 1 aliphatic heterocycles. The van der Waals surface area contributed by atoms with Gasteiger partial charge in [0.15, 0.2) is 0 Å². The summed E-state index contributed by atoms with van der Waals surface area (Å²) in [5.74, 6) is -2.11. The van der Waals surface area contributed by atoms with Gasteiger partial charge in [0.05, 0.1) is 11.6 Å². The molecular weight excluding hydrogens is 200 g/mol. The van der Waals surface area contributed by atoms with Crippen LogP contribution < -0.4 is 0 Å². The van der Waals surface area contributed by atoms with Gasteiger partial charge in [0.1, 0.15) is 0 Å². The van der Waals surface area contributed by atoms with Gasteiger partial charge in [-0.25, -0.2) is 10.1 Å². The Morgan fingerprint density at radius 3 is 2.60 bits per heavy atom. The van der Waals surface area contributed by atoms with Crippen molar-refractivity contribution in [3.8, 4) is 0 Å². The van der Waals surface area contributed by atoms with Crippen LogP contribution in [0.1, 0.15) is 32.6 Å². The maximum atomic E-state index is 11.3. The van der Waals surface area contributed by atoms with Crippen molar-refractivity contribution in [2.75, 3.05) is 0 Å². The third kappa shape index (κ3) is 1.25. The summed E-state index contributed by atoms with van der Waals surface area (Å²) in [4.78, 5) is 22.6. The zero-order valence-electron chi connectivity index (χ0n) is 8.51. The molecular formula is C9H14N2O4. The molecule has 1 saturated heterocycles. The molecule has 15 heavy (non-hydrogen) atoms. The van der Waals surface area contributed by atoms with Crippen LogP contribution in [0.15, 0.2) is 0 Å². The minimum atomic E-state index is -1.06. The lowest BCUT2D eigenvalue weighted by Gasteiger charge is -2.50. The van der Waals surface area contributed by atoms with Crippen molar-refractivity contribution in [2.24, 2.45) is 0 Å². The van der Waals surface area contributed by atoms with Crippen molar-refractivity contribution in [3.05, 3.63) is 0 Å². The molecule has 1 saturated carbocycles. The summed E-state index contributed by atoms with van der Waals surface area (Å²) < 4.78 is 0. The first-order valence-electron chi connectivity index (χ1n) is 5.04. The Kier molecular flexibility index (Phi) is 2.20. The number of carbonyl (C=O) groups excluding carboxylic acids is 2. The summed E-state index contributed by atoms with van der Waals surface area (Å²) >= 11 is 0. The molecule has 0 unspecified atom stereocenters. The molecule has 2 amide bonds. The van der Waals surface area contributed by atoms with Gasteiger partial charge in [-0.15, -0.1) is 0 Å². The second kappa shape index (κ2) is 3.18. The van der Waals surface area contributed by atoms with E-state index < -0.39 is 23.4 Å². The summed E-state index contributed by atoms with van der Waals surface area (Å²) in [6.07, 6.45) is 2.94. The van der Waals surface area contributed by atoms with Crippen LogP contribution >= 0.6 is 0 Å². The molecule has 0 spiro atoms. The SMILES string of the molecule is C[C@]12CCCC[C@H]1N(O)C(=O)C(=O)N2O. The molecule has 6 heteroatoms. The van der Waals surface area contributed by atoms with Crippen molar-refractivity contribution in [1.29, 1.82) is 0 Å². The van der Waals surface area contributed by atoms with E-state index in [0.29, 0.717) is 23.0 Å². The number of hydrogen-bond acceptors (Lipinski definition) is 4. The minimum absolute atomic E-state index is 0.480. The van der Waals surface area contributed by atoms with Gasteiger partial charge >= 0.3 is 11.8 Å². The van der Waals surface area contributed by atoms with E-state index in [9.17, 15) is 20.0 Å². The normalized spacial score (nSPS) is 36.9. The van der Waals surface area contributed by atoms with Crippen LogP contribution in [0.2, 0.25) is 0 Å². The highest BCUT2D eigenvalue weighted by Gasteiger charge is 2.54. The van der Waals surface area contributed by atoms with E-state index in [2.05, 4.69) is 0 Å². The summed E-state index contributed by atoms with van der Waals surface area (Å²) in [5, 5.41) is 20.2. The van der Waals surface area contributed by atoms with Crippen molar-refractivity contribution in [3.63, 3.8) is 0 Å². The van der Waals surface area contributed by atoms with Crippen molar-refractivity contribution in [1.82, 2.24) is 10.1 Å². The molecule has 2 fully saturated rings. The predicted molar refractivity (Wildman–Crippen MR) is 47.9 cm³/mol. The van der Waals surface area contributed by atoms with E-state index in [-0.39, 0.29) is 0 Å². The number of hydroxylamine groups is 4. The number of carbonyl (C=O) groups is 2. The summed E-state index contributed by atoms with van der Waals surface area (Å²) in [5.41, 5.74) is -0.849. The molecule has 1 heterocycles. The molecule has 0 aromatic heterocycles. The third-order valence-corrected chi connectivity index (χ3v) is 3.49. The van der Waals surface area contributed by atoms with E-state index in [1.165, 1.54) is 0 Å². The van der Waals surface area contributed by atoms with Crippen LogP contribution in [0.5, 0.6) is 0 Å². The van der Waals surface area contributed by atoms with Crippen LogP contribution in [0, 0.1) is 0 Å². The van der Waals surface area contributed by atoms with Crippen LogP contribution in [0.4, 0.5) is 0 Å². The first-order valence-corrected chi connectivity index (χ1v) is 5.04. The predicted octanol–water partition coefficient (Wildman–Crippen LogP) is 0.137. The topological polar surface area (TPSA) is 81.1 Å². The maximum absolute atomic E-state index is 11.3. The lowest BCUT2D eigenvalue weighted by Crippen LogP contribution is -2.70. The first kappa shape index (κ1) is 10.4. The monoisotopic (exact) mass is 214 g/mol. The fourth-order valence-corrected chi connectivity index (χ4v) is 2.49. The largest absolute Gasteiger partial charge is 0.338 e. The molecule has 0 aromatic rings. The quantitative estimate of drug-likeness (QED) is 0.444. The first-order chi connectivity index (χ1) is 6.98. The lowest BCUT2D eigenvalue weighted by molar-refractivity contribution is -0.258. The summed E-state index contributed by atoms with van der Waals surface area (Å²) in [7, 11) is 0. The Bertz CT molecular complexity index is 319. The number of amides is 2. The smallest absolute Gasteiger partial charge is 0.285 e. The van der Waals surface area contributed by atoms with E-state index in [1.807, 2.05) is 0 Å². The van der Waals surface area contributed by atoms with E-state index in [1.54, 1.807) is 6.92 Å². The van der Waals surface area contributed by atoms with Crippen molar-refractivity contribution >= 4 is 11.8 Å². The summed E-state index contributed by atoms with van der Waals surface area (Å²) in [6.45, 7) is 1.68. The van der Waals surface area contributed by atoms with Gasteiger partial charge in [-0.3, -0.25) is 20.0 Å². The number of rotatable bonds is 0. The molecule has 1 aliphatic carbocycles. The van der Waals surface area contributed by atoms with Crippen LogP contribution in [-0.2, 0) is 9.59 Å². The molecule has 84 valence electrons. The highest BCUT2D eigenvalue weighted by atomic mass is 16.5. The fourth-order valence-electron chi connectivity index (χ4n) is 2.49. The maximum Gasteiger partial charge on any atom is 0.338 e. The zero-order valence-corrected chi connectivity index (χ0v) is 8.51. The average Bonchev–Trinajstić information content (AvgIpc) is 2.24. The Hall–Kier alpha value is -1.14. The van der Waals surface area contributed by atoms with Gasteiger partial charge < -0.3 is 0 Å². The van der Waals surface area contributed by atoms with Gasteiger partial charge in [-0.1, -0.05) is 12.8 Å². The number of hydrogen-bond donors (Lipinski definition) is 2. The standard InChI is InChI=1S/C9H14N2O4/c1-9-5-3-2-4-6(9)10(14)7(12)8(13)11(9)15/h6,14-15H,2-5H2,1H3/t6-,9+/m1/s1. The number of nitrogens with zero attached hydrogens (tertiary/aromatic N) is 2. The minimum Gasteiger partial charge on any atom is -0.285 e. The lowest BCUT2D eigenvalue weighted by atomic mass is 9.77. The molecule has 0 bridgehead atoms. The molecule has 2 rings (SSSR count). The molecule has 2 aliphatic rings. The number of fused-ring (bicyclic) bond motifs is 1. The van der Waals surface area contributed by atoms with E-state index in [4.69, 9.17) is 0 Å². The van der Waals surface area contributed by atoms with Crippen LogP contribution in [-0.4, -0.2) is 43.9 Å². The van der Waals surface area contributed by atoms with Crippen molar-refractivity contribution < 1.29 is 20.0 Å².